The van der Waals surface area contributed by atoms with Gasteiger partial charge in [-0.05, 0) is 26.7 Å². The summed E-state index contributed by atoms with van der Waals surface area (Å²) in [6, 6.07) is 0. The molecule has 0 radical (unpaired) electrons. The molecule has 0 amide bonds. The van der Waals surface area contributed by atoms with Crippen molar-refractivity contribution in [1.29, 1.82) is 0 Å². The minimum absolute atomic E-state index is 0.404. The van der Waals surface area contributed by atoms with Gasteiger partial charge in [0.1, 0.15) is 0 Å². The molecule has 0 saturated heterocycles. The van der Waals surface area contributed by atoms with Crippen LogP contribution in [0.1, 0.15) is 26.7 Å². The van der Waals surface area contributed by atoms with Crippen molar-refractivity contribution in [3.8, 4) is 0 Å². The average molecular weight is 128 g/mol. The summed E-state index contributed by atoms with van der Waals surface area (Å²) in [4.78, 5) is 0. The summed E-state index contributed by atoms with van der Waals surface area (Å²) in [6.07, 6.45) is 6.89. The van der Waals surface area contributed by atoms with Gasteiger partial charge in [0.25, 0.3) is 0 Å². The minimum Gasteiger partial charge on any atom is -0.382 e. The second kappa shape index (κ2) is 5.83. The van der Waals surface area contributed by atoms with Gasteiger partial charge in [-0.3, -0.25) is 0 Å². The van der Waals surface area contributed by atoms with Crippen LogP contribution in [-0.4, -0.2) is 13.2 Å². The van der Waals surface area contributed by atoms with Crippen molar-refractivity contribution >= 4 is 0 Å². The smallest absolute Gasteiger partial charge is 0.0546 e. The normalized spacial score (nSPS) is 14.6. The van der Waals surface area contributed by atoms with Crippen molar-refractivity contribution in [1.82, 2.24) is 0 Å². The first-order valence-electron chi connectivity index (χ1n) is 3.45. The van der Waals surface area contributed by atoms with Gasteiger partial charge in [-0.2, -0.15) is 0 Å². The molecule has 0 aromatic carbocycles. The van der Waals surface area contributed by atoms with Crippen molar-refractivity contribution in [3.63, 3.8) is 0 Å². The van der Waals surface area contributed by atoms with E-state index in [2.05, 4.69) is 19.1 Å². The molecule has 0 N–H and O–H groups in total. The van der Waals surface area contributed by atoms with E-state index in [1.54, 1.807) is 7.11 Å². The molecule has 0 rings (SSSR count). The summed E-state index contributed by atoms with van der Waals surface area (Å²) in [5.41, 5.74) is 0. The molecule has 0 aliphatic carbocycles. The SMILES string of the molecule is C/C=C/CC[C@H](C)OC. The van der Waals surface area contributed by atoms with Gasteiger partial charge in [-0.25, -0.2) is 0 Å². The number of ether oxygens (including phenoxy) is 1. The Bertz CT molecular complexity index is 76.6. The molecule has 0 fully saturated rings. The maximum absolute atomic E-state index is 5.06. The first-order chi connectivity index (χ1) is 4.31. The average Bonchev–Trinajstić information content (AvgIpc) is 1.89. The molecule has 0 aliphatic heterocycles. The largest absolute Gasteiger partial charge is 0.382 e. The number of methoxy groups -OCH3 is 1. The van der Waals surface area contributed by atoms with Crippen LogP contribution in [0.25, 0.3) is 0 Å². The number of allylic oxidation sites excluding steroid dienone is 2. The van der Waals surface area contributed by atoms with Gasteiger partial charge in [-0.1, -0.05) is 12.2 Å². The van der Waals surface area contributed by atoms with Crippen LogP contribution in [0, 0.1) is 0 Å². The van der Waals surface area contributed by atoms with E-state index in [4.69, 9.17) is 4.74 Å². The summed E-state index contributed by atoms with van der Waals surface area (Å²) >= 11 is 0. The third-order valence-electron chi connectivity index (χ3n) is 1.38. The zero-order valence-corrected chi connectivity index (χ0v) is 6.55. The van der Waals surface area contributed by atoms with Crippen molar-refractivity contribution in [2.24, 2.45) is 0 Å². The first-order valence-corrected chi connectivity index (χ1v) is 3.45. The Morgan fingerprint density at radius 2 is 2.22 bits per heavy atom. The van der Waals surface area contributed by atoms with E-state index >= 15 is 0 Å². The van der Waals surface area contributed by atoms with Crippen LogP contribution < -0.4 is 0 Å². The van der Waals surface area contributed by atoms with Crippen molar-refractivity contribution in [2.75, 3.05) is 7.11 Å². The highest BCUT2D eigenvalue weighted by Gasteiger charge is 1.94. The van der Waals surface area contributed by atoms with E-state index in [0.717, 1.165) is 12.8 Å². The quantitative estimate of drug-likeness (QED) is 0.528. The first kappa shape index (κ1) is 8.70. The number of hydrogen-bond donors (Lipinski definition) is 0. The molecule has 0 unspecified atom stereocenters. The highest BCUT2D eigenvalue weighted by atomic mass is 16.5. The third-order valence-corrected chi connectivity index (χ3v) is 1.38. The standard InChI is InChI=1S/C8H16O/c1-4-5-6-7-8(2)9-3/h4-5,8H,6-7H2,1-3H3/b5-4+/t8-/m0/s1. The molecule has 0 saturated carbocycles. The number of hydrogen-bond acceptors (Lipinski definition) is 1. The van der Waals surface area contributed by atoms with Crippen molar-refractivity contribution in [2.45, 2.75) is 32.8 Å². The van der Waals surface area contributed by atoms with Gasteiger partial charge < -0.3 is 4.74 Å². The number of rotatable bonds is 4. The second-order valence-corrected chi connectivity index (χ2v) is 2.19. The van der Waals surface area contributed by atoms with Crippen LogP contribution in [-0.2, 0) is 4.74 Å². The fraction of sp³-hybridized carbons (Fsp3) is 0.750. The lowest BCUT2D eigenvalue weighted by Crippen LogP contribution is -2.02. The predicted molar refractivity (Wildman–Crippen MR) is 40.5 cm³/mol. The zero-order chi connectivity index (χ0) is 7.11. The molecular weight excluding hydrogens is 112 g/mol. The minimum atomic E-state index is 0.404. The van der Waals surface area contributed by atoms with Gasteiger partial charge in [0.05, 0.1) is 6.10 Å². The van der Waals surface area contributed by atoms with Crippen molar-refractivity contribution in [3.05, 3.63) is 12.2 Å². The molecule has 0 aliphatic rings. The van der Waals surface area contributed by atoms with E-state index < -0.39 is 0 Å². The fourth-order valence-electron chi connectivity index (χ4n) is 0.615. The van der Waals surface area contributed by atoms with Gasteiger partial charge >= 0.3 is 0 Å². The molecular formula is C8H16O. The Hall–Kier alpha value is -0.300. The Morgan fingerprint density at radius 3 is 2.67 bits per heavy atom. The summed E-state index contributed by atoms with van der Waals surface area (Å²) in [7, 11) is 1.75. The molecule has 1 nitrogen and oxygen atoms in total. The Morgan fingerprint density at radius 1 is 1.56 bits per heavy atom. The van der Waals surface area contributed by atoms with Gasteiger partial charge in [0.15, 0.2) is 0 Å². The Labute approximate surface area is 57.7 Å². The van der Waals surface area contributed by atoms with Crippen molar-refractivity contribution < 1.29 is 4.74 Å². The highest BCUT2D eigenvalue weighted by molar-refractivity contribution is 4.77. The molecule has 9 heavy (non-hydrogen) atoms. The van der Waals surface area contributed by atoms with E-state index in [1.165, 1.54) is 0 Å². The van der Waals surface area contributed by atoms with Gasteiger partial charge in [-0.15, -0.1) is 0 Å². The molecule has 0 aromatic rings. The lowest BCUT2D eigenvalue weighted by atomic mass is 10.2. The van der Waals surface area contributed by atoms with E-state index in [9.17, 15) is 0 Å². The molecule has 1 atom stereocenters. The Balaban J connectivity index is 3.06. The van der Waals surface area contributed by atoms with E-state index in [0.29, 0.717) is 6.10 Å². The summed E-state index contributed by atoms with van der Waals surface area (Å²) in [6.45, 7) is 4.13. The topological polar surface area (TPSA) is 9.23 Å². The van der Waals surface area contributed by atoms with E-state index in [1.807, 2.05) is 6.92 Å². The van der Waals surface area contributed by atoms with Crippen LogP contribution in [0.5, 0.6) is 0 Å². The summed E-state index contributed by atoms with van der Waals surface area (Å²) in [5, 5.41) is 0. The molecule has 0 bridgehead atoms. The monoisotopic (exact) mass is 128 g/mol. The molecule has 1 heteroatoms. The zero-order valence-electron chi connectivity index (χ0n) is 6.55. The lowest BCUT2D eigenvalue weighted by Gasteiger charge is -2.05. The van der Waals surface area contributed by atoms with Crippen LogP contribution in [0.4, 0.5) is 0 Å². The molecule has 0 heterocycles. The fourth-order valence-corrected chi connectivity index (χ4v) is 0.615. The summed E-state index contributed by atoms with van der Waals surface area (Å²) in [5.74, 6) is 0. The third kappa shape index (κ3) is 5.57. The van der Waals surface area contributed by atoms with Gasteiger partial charge in [0.2, 0.25) is 0 Å². The molecule has 0 spiro atoms. The van der Waals surface area contributed by atoms with Crippen LogP contribution in [0.15, 0.2) is 12.2 Å². The predicted octanol–water partition coefficient (Wildman–Crippen LogP) is 2.38. The second-order valence-electron chi connectivity index (χ2n) is 2.19. The summed E-state index contributed by atoms with van der Waals surface area (Å²) < 4.78 is 5.06. The van der Waals surface area contributed by atoms with Crippen LogP contribution >= 0.6 is 0 Å². The Kier molecular flexibility index (Phi) is 5.64. The van der Waals surface area contributed by atoms with Crippen LogP contribution in [0.3, 0.4) is 0 Å². The maximum atomic E-state index is 5.06. The maximum Gasteiger partial charge on any atom is 0.0546 e. The lowest BCUT2D eigenvalue weighted by molar-refractivity contribution is 0.112. The molecule has 0 aromatic heterocycles. The van der Waals surface area contributed by atoms with Crippen LogP contribution in [0.2, 0.25) is 0 Å². The highest BCUT2D eigenvalue weighted by Crippen LogP contribution is 1.99. The molecule has 54 valence electrons. The van der Waals surface area contributed by atoms with E-state index in [-0.39, 0.29) is 0 Å². The van der Waals surface area contributed by atoms with Gasteiger partial charge in [0, 0.05) is 7.11 Å².